The molecule has 1 N–H and O–H groups in total. The zero-order valence-corrected chi connectivity index (χ0v) is 12.8. The van der Waals surface area contributed by atoms with Gasteiger partial charge in [0.15, 0.2) is 6.10 Å². The van der Waals surface area contributed by atoms with Gasteiger partial charge in [-0.25, -0.2) is 0 Å². The molecule has 1 amide bonds. The molecule has 2 aromatic carbocycles. The van der Waals surface area contributed by atoms with Gasteiger partial charge in [0.05, 0.1) is 6.04 Å². The standard InChI is InChI=1S/C19H17NO3/c1-12(17-10-13-6-2-4-8-15(13)22-17)20-19(21)18-11-14-7-3-5-9-16(14)23-18/h2-10,12,18H,11H2,1H3,(H,20,21)/t12-,18+/m0/s1. The van der Waals surface area contributed by atoms with E-state index in [2.05, 4.69) is 5.32 Å². The van der Waals surface area contributed by atoms with Crippen LogP contribution < -0.4 is 10.1 Å². The van der Waals surface area contributed by atoms with Crippen molar-refractivity contribution >= 4 is 16.9 Å². The van der Waals surface area contributed by atoms with Crippen molar-refractivity contribution in [1.82, 2.24) is 5.32 Å². The van der Waals surface area contributed by atoms with E-state index in [4.69, 9.17) is 9.15 Å². The van der Waals surface area contributed by atoms with Gasteiger partial charge in [-0.1, -0.05) is 36.4 Å². The Morgan fingerprint density at radius 3 is 2.78 bits per heavy atom. The van der Waals surface area contributed by atoms with E-state index in [1.807, 2.05) is 61.5 Å². The molecule has 0 bridgehead atoms. The fourth-order valence-corrected chi connectivity index (χ4v) is 2.92. The fourth-order valence-electron chi connectivity index (χ4n) is 2.92. The highest BCUT2D eigenvalue weighted by atomic mass is 16.5. The van der Waals surface area contributed by atoms with Crippen molar-refractivity contribution in [2.75, 3.05) is 0 Å². The smallest absolute Gasteiger partial charge is 0.262 e. The van der Waals surface area contributed by atoms with Crippen molar-refractivity contribution in [3.8, 4) is 5.75 Å². The van der Waals surface area contributed by atoms with Crippen molar-refractivity contribution in [3.05, 3.63) is 65.9 Å². The molecule has 1 aliphatic rings. The van der Waals surface area contributed by atoms with Crippen molar-refractivity contribution in [2.24, 2.45) is 0 Å². The number of furan rings is 1. The highest BCUT2D eigenvalue weighted by molar-refractivity contribution is 5.83. The van der Waals surface area contributed by atoms with Crippen LogP contribution in [0, 0.1) is 0 Å². The van der Waals surface area contributed by atoms with E-state index in [-0.39, 0.29) is 11.9 Å². The molecular weight excluding hydrogens is 290 g/mol. The number of fused-ring (bicyclic) bond motifs is 2. The lowest BCUT2D eigenvalue weighted by Crippen LogP contribution is -2.38. The summed E-state index contributed by atoms with van der Waals surface area (Å²) in [4.78, 5) is 12.4. The number of hydrogen-bond acceptors (Lipinski definition) is 3. The monoisotopic (exact) mass is 307 g/mol. The third kappa shape index (κ3) is 2.57. The van der Waals surface area contributed by atoms with Gasteiger partial charge >= 0.3 is 0 Å². The average Bonchev–Trinajstić information content (AvgIpc) is 3.18. The summed E-state index contributed by atoms with van der Waals surface area (Å²) >= 11 is 0. The molecule has 4 rings (SSSR count). The average molecular weight is 307 g/mol. The molecule has 4 nitrogen and oxygen atoms in total. The van der Waals surface area contributed by atoms with Crippen LogP contribution in [0.3, 0.4) is 0 Å². The predicted molar refractivity (Wildman–Crippen MR) is 87.3 cm³/mol. The van der Waals surface area contributed by atoms with Crippen LogP contribution in [0.4, 0.5) is 0 Å². The highest BCUT2D eigenvalue weighted by Gasteiger charge is 2.30. The van der Waals surface area contributed by atoms with E-state index in [1.54, 1.807) is 0 Å². The number of amides is 1. The predicted octanol–water partition coefficient (Wildman–Crippen LogP) is 3.61. The van der Waals surface area contributed by atoms with Crippen LogP contribution >= 0.6 is 0 Å². The molecule has 0 saturated heterocycles. The third-order valence-electron chi connectivity index (χ3n) is 4.17. The van der Waals surface area contributed by atoms with E-state index in [1.165, 1.54) is 0 Å². The Kier molecular flexibility index (Phi) is 3.30. The minimum Gasteiger partial charge on any atom is -0.480 e. The Bertz CT molecular complexity index is 810. The van der Waals surface area contributed by atoms with E-state index in [0.29, 0.717) is 6.42 Å². The molecule has 1 aliphatic heterocycles. The maximum absolute atomic E-state index is 12.4. The Morgan fingerprint density at radius 1 is 1.17 bits per heavy atom. The lowest BCUT2D eigenvalue weighted by molar-refractivity contribution is -0.128. The molecule has 0 fully saturated rings. The van der Waals surface area contributed by atoms with Crippen LogP contribution in [0.5, 0.6) is 5.75 Å². The Hall–Kier alpha value is -2.75. The maximum atomic E-state index is 12.4. The quantitative estimate of drug-likeness (QED) is 0.804. The fraction of sp³-hybridized carbons (Fsp3) is 0.211. The summed E-state index contributed by atoms with van der Waals surface area (Å²) in [5.41, 5.74) is 1.90. The number of carbonyl (C=O) groups is 1. The largest absolute Gasteiger partial charge is 0.480 e. The first-order valence-corrected chi connectivity index (χ1v) is 7.74. The maximum Gasteiger partial charge on any atom is 0.262 e. The van der Waals surface area contributed by atoms with Gasteiger partial charge in [-0.2, -0.15) is 0 Å². The van der Waals surface area contributed by atoms with Crippen molar-refractivity contribution < 1.29 is 13.9 Å². The zero-order valence-electron chi connectivity index (χ0n) is 12.8. The number of nitrogens with one attached hydrogen (secondary N) is 1. The molecule has 0 spiro atoms. The number of rotatable bonds is 3. The number of ether oxygens (including phenoxy) is 1. The van der Waals surface area contributed by atoms with E-state index in [0.717, 1.165) is 28.0 Å². The van der Waals surface area contributed by atoms with Crippen LogP contribution in [-0.4, -0.2) is 12.0 Å². The highest BCUT2D eigenvalue weighted by Crippen LogP contribution is 2.29. The molecule has 116 valence electrons. The molecule has 0 radical (unpaired) electrons. The number of benzene rings is 2. The van der Waals surface area contributed by atoms with Gasteiger partial charge in [0.1, 0.15) is 17.1 Å². The van der Waals surface area contributed by atoms with Crippen LogP contribution in [-0.2, 0) is 11.2 Å². The first kappa shape index (κ1) is 13.9. The molecular formula is C19H17NO3. The van der Waals surface area contributed by atoms with E-state index < -0.39 is 6.10 Å². The number of hydrogen-bond donors (Lipinski definition) is 1. The van der Waals surface area contributed by atoms with Gasteiger partial charge in [-0.3, -0.25) is 4.79 Å². The third-order valence-corrected chi connectivity index (χ3v) is 4.17. The Morgan fingerprint density at radius 2 is 1.96 bits per heavy atom. The van der Waals surface area contributed by atoms with Crippen molar-refractivity contribution in [2.45, 2.75) is 25.5 Å². The lowest BCUT2D eigenvalue weighted by atomic mass is 10.1. The second-order valence-electron chi connectivity index (χ2n) is 5.84. The molecule has 1 aromatic heterocycles. The van der Waals surface area contributed by atoms with E-state index >= 15 is 0 Å². The summed E-state index contributed by atoms with van der Waals surface area (Å²) in [6, 6.07) is 17.3. The van der Waals surface area contributed by atoms with Crippen LogP contribution in [0.2, 0.25) is 0 Å². The SMILES string of the molecule is C[C@H](NC(=O)[C@H]1Cc2ccccc2O1)c1cc2ccccc2o1. The van der Waals surface area contributed by atoms with Crippen LogP contribution in [0.1, 0.15) is 24.3 Å². The normalized spacial score (nSPS) is 17.5. The molecule has 0 unspecified atom stereocenters. The van der Waals surface area contributed by atoms with Gasteiger partial charge in [-0.05, 0) is 30.7 Å². The molecule has 3 aromatic rings. The second-order valence-corrected chi connectivity index (χ2v) is 5.84. The summed E-state index contributed by atoms with van der Waals surface area (Å²) in [7, 11) is 0. The zero-order chi connectivity index (χ0) is 15.8. The Labute approximate surface area is 134 Å². The molecule has 4 heteroatoms. The molecule has 2 heterocycles. The van der Waals surface area contributed by atoms with Crippen LogP contribution in [0.15, 0.2) is 59.0 Å². The summed E-state index contributed by atoms with van der Waals surface area (Å²) in [6.45, 7) is 1.91. The lowest BCUT2D eigenvalue weighted by Gasteiger charge is -2.15. The molecule has 2 atom stereocenters. The van der Waals surface area contributed by atoms with Gasteiger partial charge in [0.25, 0.3) is 5.91 Å². The summed E-state index contributed by atoms with van der Waals surface area (Å²) in [5, 5.41) is 4.01. The van der Waals surface area contributed by atoms with Gasteiger partial charge < -0.3 is 14.5 Å². The van der Waals surface area contributed by atoms with Crippen molar-refractivity contribution in [1.29, 1.82) is 0 Å². The molecule has 23 heavy (non-hydrogen) atoms. The summed E-state index contributed by atoms with van der Waals surface area (Å²) < 4.78 is 11.5. The van der Waals surface area contributed by atoms with Gasteiger partial charge in [-0.15, -0.1) is 0 Å². The minimum atomic E-state index is -0.473. The minimum absolute atomic E-state index is 0.117. The first-order chi connectivity index (χ1) is 11.2. The number of para-hydroxylation sites is 2. The molecule has 0 aliphatic carbocycles. The second kappa shape index (κ2) is 5.47. The Balaban J connectivity index is 1.46. The summed E-state index contributed by atoms with van der Waals surface area (Å²) in [5.74, 6) is 1.42. The van der Waals surface area contributed by atoms with E-state index in [9.17, 15) is 4.79 Å². The van der Waals surface area contributed by atoms with Gasteiger partial charge in [0, 0.05) is 11.8 Å². The first-order valence-electron chi connectivity index (χ1n) is 7.74. The van der Waals surface area contributed by atoms with Crippen molar-refractivity contribution in [3.63, 3.8) is 0 Å². The summed E-state index contributed by atoms with van der Waals surface area (Å²) in [6.07, 6.45) is 0.133. The molecule has 0 saturated carbocycles. The van der Waals surface area contributed by atoms with Crippen LogP contribution in [0.25, 0.3) is 11.0 Å². The van der Waals surface area contributed by atoms with Gasteiger partial charge in [0.2, 0.25) is 0 Å². The topological polar surface area (TPSA) is 51.5 Å². The number of carbonyl (C=O) groups excluding carboxylic acids is 1.